The maximum atomic E-state index is 12.5. The van der Waals surface area contributed by atoms with Gasteiger partial charge in [0.2, 0.25) is 5.56 Å². The van der Waals surface area contributed by atoms with Gasteiger partial charge in [-0.1, -0.05) is 0 Å². The van der Waals surface area contributed by atoms with Crippen LogP contribution in [0.25, 0.3) is 0 Å². The van der Waals surface area contributed by atoms with Crippen LogP contribution in [0.1, 0.15) is 17.6 Å². The number of aromatic amines is 1. The Labute approximate surface area is 91.1 Å². The summed E-state index contributed by atoms with van der Waals surface area (Å²) in [7, 11) is 0. The Kier molecular flexibility index (Phi) is 3.57. The third-order valence-electron chi connectivity index (χ3n) is 1.68. The number of nitrogens with one attached hydrogen (secondary N) is 1. The van der Waals surface area contributed by atoms with E-state index in [1.165, 1.54) is 0 Å². The highest BCUT2D eigenvalue weighted by Gasteiger charge is 2.19. The van der Waals surface area contributed by atoms with E-state index in [1.807, 2.05) is 0 Å². The number of rotatable bonds is 3. The molecule has 7 heteroatoms. The van der Waals surface area contributed by atoms with Gasteiger partial charge in [-0.15, -0.1) is 0 Å². The van der Waals surface area contributed by atoms with Crippen LogP contribution in [0.5, 0.6) is 0 Å². The number of H-pyrrole nitrogens is 1. The second-order valence-corrected chi connectivity index (χ2v) is 3.55. The van der Waals surface area contributed by atoms with Crippen molar-refractivity contribution in [3.05, 3.63) is 32.2 Å². The number of alkyl halides is 2. The van der Waals surface area contributed by atoms with Gasteiger partial charge >= 0.3 is 5.97 Å². The molecule has 0 aromatic carbocycles. The molecule has 1 aromatic rings. The molecule has 0 aliphatic carbocycles. The molecule has 1 heterocycles. The van der Waals surface area contributed by atoms with Gasteiger partial charge in [0.05, 0.1) is 16.6 Å². The number of hydrogen-bond donors (Lipinski definition) is 2. The lowest BCUT2D eigenvalue weighted by Gasteiger charge is -2.08. The molecule has 0 aliphatic heterocycles. The predicted molar refractivity (Wildman–Crippen MR) is 51.1 cm³/mol. The normalized spacial score (nSPS) is 10.7. The summed E-state index contributed by atoms with van der Waals surface area (Å²) in [5.74, 6) is -1.27. The summed E-state index contributed by atoms with van der Waals surface area (Å²) < 4.78 is 24.9. The van der Waals surface area contributed by atoms with E-state index in [0.717, 1.165) is 6.07 Å². The van der Waals surface area contributed by atoms with Crippen LogP contribution in [0.15, 0.2) is 15.5 Å². The number of halogens is 3. The lowest BCUT2D eigenvalue weighted by atomic mass is 10.1. The number of carboxylic acids is 1. The van der Waals surface area contributed by atoms with E-state index in [1.54, 1.807) is 0 Å². The van der Waals surface area contributed by atoms with Crippen molar-refractivity contribution in [3.63, 3.8) is 0 Å². The summed E-state index contributed by atoms with van der Waals surface area (Å²) in [5.41, 5.74) is -1.30. The largest absolute Gasteiger partial charge is 0.481 e. The van der Waals surface area contributed by atoms with Gasteiger partial charge in [0.15, 0.2) is 0 Å². The molecule has 0 saturated heterocycles. The summed E-state index contributed by atoms with van der Waals surface area (Å²) in [6.45, 7) is 0. The van der Waals surface area contributed by atoms with Crippen LogP contribution < -0.4 is 5.56 Å². The molecule has 0 unspecified atom stereocenters. The minimum atomic E-state index is -2.84. The van der Waals surface area contributed by atoms with Crippen LogP contribution in [-0.4, -0.2) is 16.1 Å². The summed E-state index contributed by atoms with van der Waals surface area (Å²) in [6, 6.07) is 0.861. The molecule has 1 aromatic heterocycles. The smallest absolute Gasteiger partial charge is 0.307 e. The highest BCUT2D eigenvalue weighted by Crippen LogP contribution is 2.28. The Morgan fingerprint density at radius 2 is 2.20 bits per heavy atom. The third kappa shape index (κ3) is 2.85. The minimum Gasteiger partial charge on any atom is -0.481 e. The van der Waals surface area contributed by atoms with E-state index in [0.29, 0.717) is 0 Å². The molecule has 0 bridgehead atoms. The second kappa shape index (κ2) is 4.52. The fourth-order valence-corrected chi connectivity index (χ4v) is 1.76. The lowest BCUT2D eigenvalue weighted by Crippen LogP contribution is -2.13. The minimum absolute atomic E-state index is 0.179. The van der Waals surface area contributed by atoms with Crippen molar-refractivity contribution in [2.24, 2.45) is 0 Å². The van der Waals surface area contributed by atoms with Crippen molar-refractivity contribution in [3.8, 4) is 0 Å². The van der Waals surface area contributed by atoms with Crippen LogP contribution in [0.3, 0.4) is 0 Å². The number of hydrogen-bond acceptors (Lipinski definition) is 2. The maximum absolute atomic E-state index is 12.5. The number of aliphatic carboxylic acids is 1. The first-order chi connectivity index (χ1) is 6.91. The first-order valence-corrected chi connectivity index (χ1v) is 4.62. The van der Waals surface area contributed by atoms with E-state index in [2.05, 4.69) is 20.9 Å². The first kappa shape index (κ1) is 11.8. The van der Waals surface area contributed by atoms with Crippen LogP contribution in [0.4, 0.5) is 8.78 Å². The standard InChI is InChI=1S/C8H6BrF2NO3/c9-7-6(8(10)11)3(2-5(14)15)1-4(13)12-7/h1,8H,2H2,(H,12,13)(H,14,15). The van der Waals surface area contributed by atoms with Gasteiger partial charge in [-0.2, -0.15) is 0 Å². The molecule has 15 heavy (non-hydrogen) atoms. The number of carbonyl (C=O) groups is 1. The zero-order chi connectivity index (χ0) is 11.6. The lowest BCUT2D eigenvalue weighted by molar-refractivity contribution is -0.136. The Hall–Kier alpha value is -1.24. The monoisotopic (exact) mass is 281 g/mol. The van der Waals surface area contributed by atoms with E-state index >= 15 is 0 Å². The molecular formula is C8H6BrF2NO3. The third-order valence-corrected chi connectivity index (χ3v) is 2.31. The van der Waals surface area contributed by atoms with Gasteiger partial charge in [0.25, 0.3) is 6.43 Å². The first-order valence-electron chi connectivity index (χ1n) is 3.83. The highest BCUT2D eigenvalue weighted by atomic mass is 79.9. The highest BCUT2D eigenvalue weighted by molar-refractivity contribution is 9.10. The zero-order valence-corrected chi connectivity index (χ0v) is 8.85. The van der Waals surface area contributed by atoms with E-state index in [4.69, 9.17) is 5.11 Å². The van der Waals surface area contributed by atoms with Gasteiger partial charge in [0, 0.05) is 6.07 Å². The molecule has 0 spiro atoms. The van der Waals surface area contributed by atoms with Crippen molar-refractivity contribution in [2.75, 3.05) is 0 Å². The molecule has 2 N–H and O–H groups in total. The van der Waals surface area contributed by atoms with Crippen molar-refractivity contribution < 1.29 is 18.7 Å². The Morgan fingerprint density at radius 3 is 2.67 bits per heavy atom. The summed E-state index contributed by atoms with van der Waals surface area (Å²) >= 11 is 2.76. The zero-order valence-electron chi connectivity index (χ0n) is 7.26. The molecule has 82 valence electrons. The topological polar surface area (TPSA) is 70.2 Å². The average molecular weight is 282 g/mol. The fraction of sp³-hybridized carbons (Fsp3) is 0.250. The molecule has 0 saturated carbocycles. The molecule has 4 nitrogen and oxygen atoms in total. The van der Waals surface area contributed by atoms with Crippen LogP contribution in [-0.2, 0) is 11.2 Å². The number of carboxylic acid groups (broad SMARTS) is 1. The molecule has 0 aliphatic rings. The number of pyridine rings is 1. The van der Waals surface area contributed by atoms with Gasteiger partial charge in [0.1, 0.15) is 0 Å². The molecule has 1 rings (SSSR count). The van der Waals surface area contributed by atoms with Crippen LogP contribution in [0.2, 0.25) is 0 Å². The van der Waals surface area contributed by atoms with Crippen molar-refractivity contribution in [1.29, 1.82) is 0 Å². The van der Waals surface area contributed by atoms with Gasteiger partial charge in [-0.25, -0.2) is 8.78 Å². The maximum Gasteiger partial charge on any atom is 0.307 e. The van der Waals surface area contributed by atoms with Gasteiger partial charge < -0.3 is 10.1 Å². The Balaban J connectivity index is 3.33. The van der Waals surface area contributed by atoms with Gasteiger partial charge in [-0.3, -0.25) is 9.59 Å². The van der Waals surface area contributed by atoms with Gasteiger partial charge in [-0.05, 0) is 21.5 Å². The molecular weight excluding hydrogens is 276 g/mol. The average Bonchev–Trinajstić information content (AvgIpc) is 1.99. The number of aromatic nitrogens is 1. The summed E-state index contributed by atoms with van der Waals surface area (Å²) in [5, 5.41) is 8.48. The fourth-order valence-electron chi connectivity index (χ4n) is 1.13. The predicted octanol–water partition coefficient (Wildman–Crippen LogP) is 1.70. The Bertz CT molecular complexity index is 444. The van der Waals surface area contributed by atoms with E-state index in [9.17, 15) is 18.4 Å². The van der Waals surface area contributed by atoms with E-state index in [-0.39, 0.29) is 10.2 Å². The SMILES string of the molecule is O=C(O)Cc1cc(=O)[nH]c(Br)c1C(F)F. The molecule has 0 fully saturated rings. The quantitative estimate of drug-likeness (QED) is 0.829. The van der Waals surface area contributed by atoms with Crippen molar-refractivity contribution in [2.45, 2.75) is 12.8 Å². The van der Waals surface area contributed by atoms with E-state index < -0.39 is 29.9 Å². The van der Waals surface area contributed by atoms with Crippen LogP contribution >= 0.6 is 15.9 Å². The van der Waals surface area contributed by atoms with Crippen LogP contribution in [0, 0.1) is 0 Å². The summed E-state index contributed by atoms with van der Waals surface area (Å²) in [6.07, 6.45) is -3.45. The second-order valence-electron chi connectivity index (χ2n) is 2.76. The molecule has 0 atom stereocenters. The summed E-state index contributed by atoms with van der Waals surface area (Å²) in [4.78, 5) is 23.5. The molecule has 0 amide bonds. The van der Waals surface area contributed by atoms with Crippen molar-refractivity contribution >= 4 is 21.9 Å². The van der Waals surface area contributed by atoms with Crippen molar-refractivity contribution in [1.82, 2.24) is 4.98 Å². The molecule has 0 radical (unpaired) electrons. The Morgan fingerprint density at radius 1 is 1.60 bits per heavy atom.